The summed E-state index contributed by atoms with van der Waals surface area (Å²) in [6.07, 6.45) is 5.69. The van der Waals surface area contributed by atoms with Crippen molar-refractivity contribution < 1.29 is 5.02 Å². The van der Waals surface area contributed by atoms with Crippen LogP contribution in [0.1, 0.15) is 12.8 Å². The minimum atomic E-state index is 0.642. The Labute approximate surface area is 77.9 Å². The van der Waals surface area contributed by atoms with E-state index < -0.39 is 0 Å². The van der Waals surface area contributed by atoms with Crippen molar-refractivity contribution in [3.63, 3.8) is 0 Å². The van der Waals surface area contributed by atoms with Crippen LogP contribution < -0.4 is 10.4 Å². The highest BCUT2D eigenvalue weighted by Crippen LogP contribution is 2.13. The van der Waals surface area contributed by atoms with Crippen LogP contribution in [0, 0.1) is 0 Å². The molecule has 1 aliphatic heterocycles. The average Bonchev–Trinajstić information content (AvgIpc) is 2.71. The molecule has 2 rings (SSSR count). The summed E-state index contributed by atoms with van der Waals surface area (Å²) in [6.45, 7) is 2.09. The Balaban J connectivity index is 2.12. The van der Waals surface area contributed by atoms with Gasteiger partial charge in [-0.2, -0.15) is 0 Å². The number of aromatic nitrogens is 2. The predicted octanol–water partition coefficient (Wildman–Crippen LogP) is -0.686. The van der Waals surface area contributed by atoms with Gasteiger partial charge in [-0.3, -0.25) is 0 Å². The molecule has 1 fully saturated rings. The Kier molecular flexibility index (Phi) is 2.45. The van der Waals surface area contributed by atoms with Gasteiger partial charge in [-0.15, -0.1) is 0 Å². The highest BCUT2D eigenvalue weighted by Gasteiger charge is 2.14. The molecular weight excluding hydrogens is 165 g/mol. The zero-order valence-electron chi connectivity index (χ0n) is 7.35. The van der Waals surface area contributed by atoms with Crippen molar-refractivity contribution in [1.82, 2.24) is 9.97 Å². The lowest BCUT2D eigenvalue weighted by molar-refractivity contribution is 0.615. The van der Waals surface area contributed by atoms with Gasteiger partial charge in [0.25, 0.3) is 0 Å². The Bertz CT molecular complexity index is 271. The molecule has 67 valence electrons. The third-order valence-electron chi connectivity index (χ3n) is 2.20. The molecule has 0 bridgehead atoms. The molecule has 2 heterocycles. The van der Waals surface area contributed by atoms with Crippen molar-refractivity contribution in [2.24, 2.45) is 0 Å². The number of hydrogen-bond acceptors (Lipinski definition) is 4. The number of rotatable bonds is 2. The Hall–Kier alpha value is -1.10. The highest BCUT2D eigenvalue weighted by atomic mass is 16.2. The lowest BCUT2D eigenvalue weighted by atomic mass is 9.92. The molecule has 0 spiro atoms. The summed E-state index contributed by atoms with van der Waals surface area (Å²) >= 11 is 0. The van der Waals surface area contributed by atoms with Gasteiger partial charge >= 0.3 is 7.48 Å². The van der Waals surface area contributed by atoms with E-state index in [1.807, 2.05) is 0 Å². The maximum Gasteiger partial charge on any atom is 0.329 e. The van der Waals surface area contributed by atoms with E-state index >= 15 is 0 Å². The molecule has 1 aromatic heterocycles. The molecule has 1 aromatic rings. The first-order chi connectivity index (χ1) is 6.40. The smallest absolute Gasteiger partial charge is 0.329 e. The van der Waals surface area contributed by atoms with Crippen molar-refractivity contribution in [2.75, 3.05) is 18.0 Å². The number of hydrogen-bond donors (Lipinski definition) is 1. The monoisotopic (exact) mass is 176 g/mol. The number of anilines is 1. The van der Waals surface area contributed by atoms with E-state index in [4.69, 9.17) is 5.02 Å². The van der Waals surface area contributed by atoms with E-state index in [9.17, 15) is 0 Å². The summed E-state index contributed by atoms with van der Waals surface area (Å²) in [7, 11) is 1.01. The molecule has 0 aromatic carbocycles. The van der Waals surface area contributed by atoms with Crippen LogP contribution in [0.4, 0.5) is 5.95 Å². The minimum absolute atomic E-state index is 0.642. The molecule has 0 atom stereocenters. The lowest BCUT2D eigenvalue weighted by Gasteiger charge is -2.14. The summed E-state index contributed by atoms with van der Waals surface area (Å²) in [6, 6.07) is 0. The first-order valence-electron chi connectivity index (χ1n) is 4.44. The van der Waals surface area contributed by atoms with Crippen molar-refractivity contribution in [3.05, 3.63) is 12.4 Å². The maximum absolute atomic E-state index is 8.68. The molecule has 5 heteroatoms. The normalized spacial score (nSPS) is 16.2. The Morgan fingerprint density at radius 3 is 2.38 bits per heavy atom. The molecule has 13 heavy (non-hydrogen) atoms. The van der Waals surface area contributed by atoms with E-state index in [-0.39, 0.29) is 0 Å². The van der Waals surface area contributed by atoms with Crippen LogP contribution in [-0.2, 0) is 0 Å². The third-order valence-corrected chi connectivity index (χ3v) is 2.20. The lowest BCUT2D eigenvalue weighted by Crippen LogP contribution is -2.23. The van der Waals surface area contributed by atoms with Gasteiger partial charge in [-0.05, 0) is 18.3 Å². The summed E-state index contributed by atoms with van der Waals surface area (Å²) < 4.78 is 0. The molecule has 4 nitrogen and oxygen atoms in total. The fourth-order valence-electron chi connectivity index (χ4n) is 1.48. The van der Waals surface area contributed by atoms with Gasteiger partial charge in [0.1, 0.15) is 0 Å². The van der Waals surface area contributed by atoms with Crippen LogP contribution in [0.15, 0.2) is 12.4 Å². The van der Waals surface area contributed by atoms with Gasteiger partial charge in [0.05, 0.1) is 0 Å². The van der Waals surface area contributed by atoms with Crippen LogP contribution in [-0.4, -0.2) is 35.6 Å². The van der Waals surface area contributed by atoms with Gasteiger partial charge in [0.2, 0.25) is 5.95 Å². The molecule has 0 unspecified atom stereocenters. The van der Waals surface area contributed by atoms with Crippen LogP contribution in [0.5, 0.6) is 0 Å². The Morgan fingerprint density at radius 2 is 1.85 bits per heavy atom. The van der Waals surface area contributed by atoms with Gasteiger partial charge in [0, 0.05) is 25.5 Å². The summed E-state index contributed by atoms with van der Waals surface area (Å²) in [5.74, 6) is 0.767. The fraction of sp³-hybridized carbons (Fsp3) is 0.500. The van der Waals surface area contributed by atoms with E-state index in [1.165, 1.54) is 12.8 Å². The van der Waals surface area contributed by atoms with Crippen LogP contribution >= 0.6 is 0 Å². The molecule has 1 N–H and O–H groups in total. The second-order valence-electron chi connectivity index (χ2n) is 3.14. The molecule has 1 aliphatic rings. The van der Waals surface area contributed by atoms with Crippen LogP contribution in [0.3, 0.4) is 0 Å². The molecule has 0 saturated carbocycles. The van der Waals surface area contributed by atoms with E-state index in [1.54, 1.807) is 12.4 Å². The minimum Gasteiger partial charge on any atom is -0.450 e. The van der Waals surface area contributed by atoms with Gasteiger partial charge in [-0.1, -0.05) is 0 Å². The molecule has 1 radical (unpaired) electrons. The second-order valence-corrected chi connectivity index (χ2v) is 3.14. The third kappa shape index (κ3) is 1.80. The zero-order chi connectivity index (χ0) is 9.10. The molecule has 0 amide bonds. The van der Waals surface area contributed by atoms with Crippen LogP contribution in [0.2, 0.25) is 0 Å². The van der Waals surface area contributed by atoms with Crippen molar-refractivity contribution >= 4 is 18.9 Å². The first-order valence-corrected chi connectivity index (χ1v) is 4.44. The topological polar surface area (TPSA) is 49.3 Å². The number of nitrogens with zero attached hydrogens (tertiary/aromatic N) is 3. The largest absolute Gasteiger partial charge is 0.450 e. The Morgan fingerprint density at radius 1 is 1.23 bits per heavy atom. The van der Waals surface area contributed by atoms with Gasteiger partial charge < -0.3 is 9.92 Å². The zero-order valence-corrected chi connectivity index (χ0v) is 7.35. The average molecular weight is 176 g/mol. The first kappa shape index (κ1) is 8.50. The highest BCUT2D eigenvalue weighted by molar-refractivity contribution is 6.45. The van der Waals surface area contributed by atoms with Gasteiger partial charge in [-0.25, -0.2) is 9.97 Å². The van der Waals surface area contributed by atoms with Gasteiger partial charge in [0.15, 0.2) is 0 Å². The van der Waals surface area contributed by atoms with Crippen molar-refractivity contribution in [1.29, 1.82) is 0 Å². The predicted molar refractivity (Wildman–Crippen MR) is 51.1 cm³/mol. The van der Waals surface area contributed by atoms with E-state index in [0.717, 1.165) is 26.5 Å². The molecule has 1 saturated heterocycles. The van der Waals surface area contributed by atoms with Crippen molar-refractivity contribution in [3.8, 4) is 0 Å². The standard InChI is InChI=1S/C8H11BN3O/c13-9-7-5-10-8(11-6-7)12-3-1-2-4-12/h5-6,13H,1-4H2. The summed E-state index contributed by atoms with van der Waals surface area (Å²) in [5.41, 5.74) is 0.642. The van der Waals surface area contributed by atoms with E-state index in [0.29, 0.717) is 5.46 Å². The fourth-order valence-corrected chi connectivity index (χ4v) is 1.48. The van der Waals surface area contributed by atoms with Crippen LogP contribution in [0.25, 0.3) is 0 Å². The summed E-state index contributed by atoms with van der Waals surface area (Å²) in [4.78, 5) is 10.5. The van der Waals surface area contributed by atoms with E-state index in [2.05, 4.69) is 14.9 Å². The van der Waals surface area contributed by atoms with Crippen molar-refractivity contribution in [2.45, 2.75) is 12.8 Å². The second kappa shape index (κ2) is 3.74. The maximum atomic E-state index is 8.68. The quantitative estimate of drug-likeness (QED) is 0.606. The SMILES string of the molecule is O[B]c1cnc(N2CCCC2)nc1. The molecular formula is C8H11BN3O. The summed E-state index contributed by atoms with van der Waals surface area (Å²) in [5, 5.41) is 8.68. The molecule has 0 aliphatic carbocycles.